The molecular weight excluding hydrogens is 248 g/mol. The highest BCUT2D eigenvalue weighted by Gasteiger charge is 2.08. The maximum Gasteiger partial charge on any atom is 0.117 e. The maximum atomic E-state index is 9.46. The molecule has 0 spiro atoms. The molecule has 3 N–H and O–H groups in total. The number of nitrogen functional groups attached to an aromatic ring is 1. The Kier molecular flexibility index (Phi) is 3.63. The molecule has 0 aliphatic carbocycles. The minimum Gasteiger partial charge on any atom is -0.508 e. The van der Waals surface area contributed by atoms with Crippen LogP contribution < -0.4 is 10.6 Å². The summed E-state index contributed by atoms with van der Waals surface area (Å²) in [7, 11) is 1.93. The summed E-state index contributed by atoms with van der Waals surface area (Å²) < 4.78 is 0. The Hall–Kier alpha value is -1.87. The second kappa shape index (κ2) is 5.19. The lowest BCUT2D eigenvalue weighted by molar-refractivity contribution is 0.475. The second-order valence-corrected chi connectivity index (χ2v) is 4.59. The molecular formula is C14H15ClN2O. The highest BCUT2D eigenvalue weighted by Crippen LogP contribution is 2.26. The van der Waals surface area contributed by atoms with E-state index in [9.17, 15) is 5.11 Å². The fourth-order valence-corrected chi connectivity index (χ4v) is 2.04. The van der Waals surface area contributed by atoms with Gasteiger partial charge in [-0.25, -0.2) is 0 Å². The van der Waals surface area contributed by atoms with Gasteiger partial charge in [0.25, 0.3) is 0 Å². The number of hydrogen-bond donors (Lipinski definition) is 2. The molecule has 0 heterocycles. The average molecular weight is 263 g/mol. The molecule has 0 radical (unpaired) electrons. The van der Waals surface area contributed by atoms with Crippen molar-refractivity contribution in [3.63, 3.8) is 0 Å². The predicted octanol–water partition coefficient (Wildman–Crippen LogP) is 3.26. The number of hydrogen-bond acceptors (Lipinski definition) is 3. The van der Waals surface area contributed by atoms with Crippen molar-refractivity contribution >= 4 is 23.0 Å². The summed E-state index contributed by atoms with van der Waals surface area (Å²) in [6, 6.07) is 12.6. The molecule has 0 aliphatic rings. The summed E-state index contributed by atoms with van der Waals surface area (Å²) in [6.07, 6.45) is 0. The van der Waals surface area contributed by atoms with Crippen molar-refractivity contribution < 1.29 is 5.11 Å². The van der Waals surface area contributed by atoms with E-state index in [1.54, 1.807) is 18.2 Å². The van der Waals surface area contributed by atoms with Gasteiger partial charge in [0.2, 0.25) is 0 Å². The van der Waals surface area contributed by atoms with Gasteiger partial charge >= 0.3 is 0 Å². The number of halogens is 1. The Morgan fingerprint density at radius 2 is 1.94 bits per heavy atom. The van der Waals surface area contributed by atoms with Gasteiger partial charge < -0.3 is 15.7 Å². The van der Waals surface area contributed by atoms with Gasteiger partial charge in [0.1, 0.15) is 5.75 Å². The van der Waals surface area contributed by atoms with Gasteiger partial charge in [0, 0.05) is 41.6 Å². The summed E-state index contributed by atoms with van der Waals surface area (Å²) in [6.45, 7) is 0.592. The van der Waals surface area contributed by atoms with E-state index in [1.807, 2.05) is 36.2 Å². The van der Waals surface area contributed by atoms with Crippen LogP contribution in [0.1, 0.15) is 5.56 Å². The average Bonchev–Trinajstić information content (AvgIpc) is 2.34. The zero-order valence-corrected chi connectivity index (χ0v) is 10.9. The van der Waals surface area contributed by atoms with Gasteiger partial charge in [-0.3, -0.25) is 0 Å². The molecule has 2 aromatic carbocycles. The predicted molar refractivity (Wildman–Crippen MR) is 76.1 cm³/mol. The van der Waals surface area contributed by atoms with E-state index in [4.69, 9.17) is 17.3 Å². The Labute approximate surface area is 111 Å². The van der Waals surface area contributed by atoms with E-state index in [-0.39, 0.29) is 5.75 Å². The Morgan fingerprint density at radius 1 is 1.22 bits per heavy atom. The fraction of sp³-hybridized carbons (Fsp3) is 0.143. The fourth-order valence-electron chi connectivity index (χ4n) is 1.80. The standard InChI is InChI=1S/C14H15ClN2O/c1-17(10-4-2-5-11(18)8-10)9-12-13(15)6-3-7-14(12)16/h2-8,18H,9,16H2,1H3. The second-order valence-electron chi connectivity index (χ2n) is 4.18. The third-order valence-corrected chi connectivity index (χ3v) is 3.17. The van der Waals surface area contributed by atoms with Crippen LogP contribution in [0.3, 0.4) is 0 Å². The maximum absolute atomic E-state index is 9.46. The quantitative estimate of drug-likeness (QED) is 0.835. The molecule has 2 rings (SSSR count). The van der Waals surface area contributed by atoms with E-state index in [0.717, 1.165) is 11.3 Å². The monoisotopic (exact) mass is 262 g/mol. The van der Waals surface area contributed by atoms with E-state index in [0.29, 0.717) is 17.3 Å². The molecule has 0 saturated heterocycles. The molecule has 0 aromatic heterocycles. The van der Waals surface area contributed by atoms with Gasteiger partial charge in [-0.05, 0) is 24.3 Å². The summed E-state index contributed by atoms with van der Waals surface area (Å²) in [4.78, 5) is 1.98. The number of aromatic hydroxyl groups is 1. The molecule has 0 amide bonds. The van der Waals surface area contributed by atoms with E-state index >= 15 is 0 Å². The van der Waals surface area contributed by atoms with Crippen molar-refractivity contribution in [2.24, 2.45) is 0 Å². The summed E-state index contributed by atoms with van der Waals surface area (Å²) in [5, 5.41) is 10.1. The molecule has 4 heteroatoms. The number of benzene rings is 2. The van der Waals surface area contributed by atoms with Gasteiger partial charge in [0.15, 0.2) is 0 Å². The SMILES string of the molecule is CN(Cc1c(N)cccc1Cl)c1cccc(O)c1. The van der Waals surface area contributed by atoms with Crippen LogP contribution in [0.25, 0.3) is 0 Å². The first-order valence-electron chi connectivity index (χ1n) is 5.61. The van der Waals surface area contributed by atoms with Crippen molar-refractivity contribution in [2.75, 3.05) is 17.7 Å². The number of phenols is 1. The van der Waals surface area contributed by atoms with Crippen molar-refractivity contribution in [3.05, 3.63) is 53.1 Å². The molecule has 94 valence electrons. The zero-order valence-electron chi connectivity index (χ0n) is 10.1. The number of nitrogens with zero attached hydrogens (tertiary/aromatic N) is 1. The first kappa shape index (κ1) is 12.6. The molecule has 18 heavy (non-hydrogen) atoms. The molecule has 0 aliphatic heterocycles. The first-order chi connectivity index (χ1) is 8.58. The van der Waals surface area contributed by atoms with Gasteiger partial charge in [0.05, 0.1) is 0 Å². The highest BCUT2D eigenvalue weighted by molar-refractivity contribution is 6.31. The normalized spacial score (nSPS) is 10.3. The number of phenolic OH excluding ortho intramolecular Hbond substituents is 1. The summed E-state index contributed by atoms with van der Waals surface area (Å²) in [5.74, 6) is 0.242. The number of nitrogens with two attached hydrogens (primary N) is 1. The summed E-state index contributed by atoms with van der Waals surface area (Å²) >= 11 is 6.14. The Morgan fingerprint density at radius 3 is 2.61 bits per heavy atom. The van der Waals surface area contributed by atoms with Crippen LogP contribution >= 0.6 is 11.6 Å². The molecule has 2 aromatic rings. The largest absolute Gasteiger partial charge is 0.508 e. The van der Waals surface area contributed by atoms with Crippen LogP contribution in [0.5, 0.6) is 5.75 Å². The van der Waals surface area contributed by atoms with Crippen LogP contribution in [0, 0.1) is 0 Å². The zero-order chi connectivity index (χ0) is 13.1. The van der Waals surface area contributed by atoms with Crippen LogP contribution in [0.4, 0.5) is 11.4 Å². The lowest BCUT2D eigenvalue weighted by Crippen LogP contribution is -2.17. The first-order valence-corrected chi connectivity index (χ1v) is 5.99. The van der Waals surface area contributed by atoms with Gasteiger partial charge in [-0.2, -0.15) is 0 Å². The summed E-state index contributed by atoms with van der Waals surface area (Å²) in [5.41, 5.74) is 8.40. The topological polar surface area (TPSA) is 49.5 Å². The minimum absolute atomic E-state index is 0.242. The smallest absolute Gasteiger partial charge is 0.117 e. The molecule has 0 bridgehead atoms. The van der Waals surface area contributed by atoms with Crippen molar-refractivity contribution in [1.82, 2.24) is 0 Å². The molecule has 0 fully saturated rings. The third-order valence-electron chi connectivity index (χ3n) is 2.82. The lowest BCUT2D eigenvalue weighted by Gasteiger charge is -2.21. The van der Waals surface area contributed by atoms with Crippen LogP contribution in [-0.4, -0.2) is 12.2 Å². The van der Waals surface area contributed by atoms with E-state index in [1.165, 1.54) is 0 Å². The van der Waals surface area contributed by atoms with Gasteiger partial charge in [-0.1, -0.05) is 23.7 Å². The van der Waals surface area contributed by atoms with Crippen LogP contribution in [-0.2, 0) is 6.54 Å². The Bertz CT molecular complexity index is 537. The Balaban J connectivity index is 2.24. The van der Waals surface area contributed by atoms with E-state index < -0.39 is 0 Å². The van der Waals surface area contributed by atoms with Crippen molar-refractivity contribution in [1.29, 1.82) is 0 Å². The highest BCUT2D eigenvalue weighted by atomic mass is 35.5. The van der Waals surface area contributed by atoms with E-state index in [2.05, 4.69) is 0 Å². The number of anilines is 2. The lowest BCUT2D eigenvalue weighted by atomic mass is 10.1. The van der Waals surface area contributed by atoms with Crippen molar-refractivity contribution in [3.8, 4) is 5.75 Å². The minimum atomic E-state index is 0.242. The van der Waals surface area contributed by atoms with Crippen molar-refractivity contribution in [2.45, 2.75) is 6.54 Å². The number of rotatable bonds is 3. The third kappa shape index (κ3) is 2.68. The molecule has 0 atom stereocenters. The molecule has 0 unspecified atom stereocenters. The van der Waals surface area contributed by atoms with Crippen LogP contribution in [0.15, 0.2) is 42.5 Å². The molecule has 0 saturated carbocycles. The van der Waals surface area contributed by atoms with Crippen LogP contribution in [0.2, 0.25) is 5.02 Å². The molecule has 3 nitrogen and oxygen atoms in total. The van der Waals surface area contributed by atoms with Gasteiger partial charge in [-0.15, -0.1) is 0 Å².